The van der Waals surface area contributed by atoms with Crippen LogP contribution in [0.15, 0.2) is 42.0 Å². The fourth-order valence-electron chi connectivity index (χ4n) is 4.01. The lowest BCUT2D eigenvalue weighted by Crippen LogP contribution is -2.38. The quantitative estimate of drug-likeness (QED) is 0.321. The van der Waals surface area contributed by atoms with E-state index in [1.54, 1.807) is 6.07 Å². The van der Waals surface area contributed by atoms with Crippen molar-refractivity contribution in [1.82, 2.24) is 9.80 Å². The molecule has 9 heteroatoms. The highest BCUT2D eigenvalue weighted by Gasteiger charge is 2.47. The van der Waals surface area contributed by atoms with Crippen LogP contribution in [0.1, 0.15) is 31.0 Å². The van der Waals surface area contributed by atoms with Crippen molar-refractivity contribution < 1.29 is 23.8 Å². The number of rotatable bonds is 8. The molecule has 1 N–H and O–H groups in total. The molecule has 0 aromatic heterocycles. The minimum atomic E-state index is -1.12. The number of aliphatic hydroxyl groups excluding tert-OH is 1. The fraction of sp³-hybridized carbons (Fsp3) is 0.333. The van der Waals surface area contributed by atoms with E-state index in [4.69, 9.17) is 27.9 Å². The summed E-state index contributed by atoms with van der Waals surface area (Å²) in [5.74, 6) is -2.78. The molecule has 0 aliphatic carbocycles. The Balaban J connectivity index is 2.22. The second-order valence-electron chi connectivity index (χ2n) is 7.51. The van der Waals surface area contributed by atoms with Crippen LogP contribution in [0.25, 0.3) is 5.76 Å². The van der Waals surface area contributed by atoms with Crippen molar-refractivity contribution in [2.75, 3.05) is 33.3 Å². The van der Waals surface area contributed by atoms with Crippen molar-refractivity contribution in [1.29, 1.82) is 0 Å². The number of hydrogen-bond donors (Lipinski definition) is 1. The molecular formula is C24H25Cl2FN2O4. The van der Waals surface area contributed by atoms with Gasteiger partial charge in [-0.25, -0.2) is 4.39 Å². The summed E-state index contributed by atoms with van der Waals surface area (Å²) in [6.07, 6.45) is 0. The molecular weight excluding hydrogens is 470 g/mol. The zero-order valence-electron chi connectivity index (χ0n) is 18.6. The molecule has 1 fully saturated rings. The lowest BCUT2D eigenvalue weighted by molar-refractivity contribution is -0.140. The molecule has 1 aliphatic rings. The Kier molecular flexibility index (Phi) is 8.00. The summed E-state index contributed by atoms with van der Waals surface area (Å²) in [4.78, 5) is 29.5. The molecule has 1 unspecified atom stereocenters. The molecule has 0 radical (unpaired) electrons. The second kappa shape index (κ2) is 10.5. The maximum absolute atomic E-state index is 14.9. The first-order chi connectivity index (χ1) is 15.7. The number of nitrogens with zero attached hydrogens (tertiary/aromatic N) is 2. The van der Waals surface area contributed by atoms with E-state index in [-0.39, 0.29) is 39.0 Å². The molecule has 176 valence electrons. The fourth-order valence-corrected chi connectivity index (χ4v) is 4.58. The third-order valence-corrected chi connectivity index (χ3v) is 6.26. The number of benzene rings is 2. The summed E-state index contributed by atoms with van der Waals surface area (Å²) in [6, 6.07) is 7.55. The number of carbonyl (C=O) groups is 2. The van der Waals surface area contributed by atoms with Gasteiger partial charge in [0.25, 0.3) is 11.7 Å². The van der Waals surface area contributed by atoms with E-state index in [0.717, 1.165) is 13.1 Å². The van der Waals surface area contributed by atoms with Gasteiger partial charge in [0, 0.05) is 23.7 Å². The summed E-state index contributed by atoms with van der Waals surface area (Å²) >= 11 is 12.3. The van der Waals surface area contributed by atoms with Crippen LogP contribution in [0.2, 0.25) is 10.0 Å². The number of carbonyl (C=O) groups excluding carboxylic acids is 2. The SMILES string of the molecule is CCN(CC)CCN1C(=O)C(=O)/C(=C(/O)c2cc(Cl)cc(Cl)c2OC)C1c1ccccc1F. The Morgan fingerprint density at radius 2 is 1.85 bits per heavy atom. The smallest absolute Gasteiger partial charge is 0.295 e. The minimum absolute atomic E-state index is 0.0399. The minimum Gasteiger partial charge on any atom is -0.507 e. The van der Waals surface area contributed by atoms with Crippen LogP contribution in [0.5, 0.6) is 5.75 Å². The Morgan fingerprint density at radius 3 is 2.45 bits per heavy atom. The Labute approximate surface area is 202 Å². The van der Waals surface area contributed by atoms with E-state index in [0.29, 0.717) is 6.54 Å². The predicted octanol–water partition coefficient (Wildman–Crippen LogP) is 4.90. The third kappa shape index (κ3) is 4.86. The number of ketones is 1. The van der Waals surface area contributed by atoms with Gasteiger partial charge in [0.1, 0.15) is 17.3 Å². The van der Waals surface area contributed by atoms with Crippen LogP contribution in [-0.4, -0.2) is 59.9 Å². The average Bonchev–Trinajstić information content (AvgIpc) is 3.04. The molecule has 0 spiro atoms. The number of methoxy groups -OCH3 is 1. The third-order valence-electron chi connectivity index (χ3n) is 5.76. The van der Waals surface area contributed by atoms with Gasteiger partial charge in [0.2, 0.25) is 0 Å². The topological polar surface area (TPSA) is 70.1 Å². The van der Waals surface area contributed by atoms with Crippen LogP contribution in [-0.2, 0) is 9.59 Å². The van der Waals surface area contributed by atoms with Crippen LogP contribution < -0.4 is 4.74 Å². The highest BCUT2D eigenvalue weighted by Crippen LogP contribution is 2.43. The van der Waals surface area contributed by atoms with Crippen molar-refractivity contribution in [2.45, 2.75) is 19.9 Å². The maximum Gasteiger partial charge on any atom is 0.295 e. The molecule has 1 saturated heterocycles. The molecule has 1 atom stereocenters. The zero-order valence-corrected chi connectivity index (χ0v) is 20.1. The Hall–Kier alpha value is -2.61. The van der Waals surface area contributed by atoms with Crippen LogP contribution >= 0.6 is 23.2 Å². The van der Waals surface area contributed by atoms with Gasteiger partial charge in [0.15, 0.2) is 0 Å². The number of amides is 1. The van der Waals surface area contributed by atoms with Crippen molar-refractivity contribution in [3.05, 3.63) is 69.0 Å². The first-order valence-corrected chi connectivity index (χ1v) is 11.3. The molecule has 2 aromatic carbocycles. The van der Waals surface area contributed by atoms with E-state index in [2.05, 4.69) is 4.90 Å². The lowest BCUT2D eigenvalue weighted by atomic mass is 9.94. The summed E-state index contributed by atoms with van der Waals surface area (Å²) < 4.78 is 20.2. The summed E-state index contributed by atoms with van der Waals surface area (Å²) in [6.45, 7) is 6.14. The van der Waals surface area contributed by atoms with Gasteiger partial charge in [-0.2, -0.15) is 0 Å². The van der Waals surface area contributed by atoms with Gasteiger partial charge in [-0.3, -0.25) is 9.59 Å². The van der Waals surface area contributed by atoms with Crippen molar-refractivity contribution in [2.24, 2.45) is 0 Å². The van der Waals surface area contributed by atoms with E-state index < -0.39 is 29.3 Å². The standard InChI is InChI=1S/C24H25Cl2FN2O4/c1-4-28(5-2)10-11-29-20(15-8-6-7-9-18(15)27)19(22(31)24(29)32)21(30)16-12-14(25)13-17(26)23(16)33-3/h6-9,12-13,20,30H,4-5,10-11H2,1-3H3/b21-19+. The molecule has 0 bridgehead atoms. The molecule has 2 aromatic rings. The van der Waals surface area contributed by atoms with Crippen molar-refractivity contribution in [3.63, 3.8) is 0 Å². The summed E-state index contributed by atoms with van der Waals surface area (Å²) in [5.41, 5.74) is -0.107. The molecule has 1 amide bonds. The summed E-state index contributed by atoms with van der Waals surface area (Å²) in [5, 5.41) is 11.5. The average molecular weight is 495 g/mol. The van der Waals surface area contributed by atoms with Gasteiger partial charge >= 0.3 is 0 Å². The molecule has 33 heavy (non-hydrogen) atoms. The normalized spacial score (nSPS) is 17.8. The van der Waals surface area contributed by atoms with Gasteiger partial charge in [-0.05, 0) is 31.3 Å². The van der Waals surface area contributed by atoms with Crippen LogP contribution in [0, 0.1) is 5.82 Å². The zero-order chi connectivity index (χ0) is 24.3. The Morgan fingerprint density at radius 1 is 1.18 bits per heavy atom. The maximum atomic E-state index is 14.9. The van der Waals surface area contributed by atoms with Crippen LogP contribution in [0.3, 0.4) is 0 Å². The van der Waals surface area contributed by atoms with Gasteiger partial charge in [0.05, 0.1) is 29.3 Å². The summed E-state index contributed by atoms with van der Waals surface area (Å²) in [7, 11) is 1.35. The number of Topliss-reactive ketones (excluding diaryl/α,β-unsaturated/α-hetero) is 1. The monoisotopic (exact) mass is 494 g/mol. The number of likely N-dealkylation sites (tertiary alicyclic amines) is 1. The molecule has 1 heterocycles. The number of aliphatic hydroxyl groups is 1. The van der Waals surface area contributed by atoms with E-state index in [9.17, 15) is 19.1 Å². The van der Waals surface area contributed by atoms with Crippen molar-refractivity contribution in [3.8, 4) is 5.75 Å². The van der Waals surface area contributed by atoms with E-state index in [1.807, 2.05) is 13.8 Å². The number of hydrogen-bond acceptors (Lipinski definition) is 5. The number of likely N-dealkylation sites (N-methyl/N-ethyl adjacent to an activating group) is 1. The van der Waals surface area contributed by atoms with Crippen LogP contribution in [0.4, 0.5) is 4.39 Å². The number of ether oxygens (including phenoxy) is 1. The first-order valence-electron chi connectivity index (χ1n) is 10.5. The number of halogens is 3. The Bertz CT molecular complexity index is 1100. The molecule has 3 rings (SSSR count). The molecule has 1 aliphatic heterocycles. The van der Waals surface area contributed by atoms with Gasteiger partial charge < -0.3 is 19.6 Å². The lowest BCUT2D eigenvalue weighted by Gasteiger charge is -2.28. The van der Waals surface area contributed by atoms with Gasteiger partial charge in [-0.1, -0.05) is 55.2 Å². The highest BCUT2D eigenvalue weighted by molar-refractivity contribution is 6.46. The highest BCUT2D eigenvalue weighted by atomic mass is 35.5. The first kappa shape index (κ1) is 25.0. The van der Waals surface area contributed by atoms with E-state index in [1.165, 1.54) is 42.3 Å². The van der Waals surface area contributed by atoms with E-state index >= 15 is 0 Å². The molecule has 0 saturated carbocycles. The second-order valence-corrected chi connectivity index (χ2v) is 8.35. The molecule has 6 nitrogen and oxygen atoms in total. The van der Waals surface area contributed by atoms with Gasteiger partial charge in [-0.15, -0.1) is 0 Å². The van der Waals surface area contributed by atoms with Crippen molar-refractivity contribution >= 4 is 40.7 Å². The largest absolute Gasteiger partial charge is 0.507 e. The predicted molar refractivity (Wildman–Crippen MR) is 126 cm³/mol.